The number of amides is 1. The molecule has 0 radical (unpaired) electrons. The molecule has 0 aliphatic carbocycles. The number of Topliss-reactive ketones (excluding diaryl/α,β-unsaturated/α-hetero) is 1. The minimum absolute atomic E-state index is 0.0517. The molecule has 1 aliphatic rings. The number of aryl methyl sites for hydroxylation is 1. The maximum atomic E-state index is 12.6. The van der Waals surface area contributed by atoms with E-state index >= 15 is 0 Å². The Balaban J connectivity index is 1.63. The summed E-state index contributed by atoms with van der Waals surface area (Å²) in [4.78, 5) is 39.1. The molecular formula is C23H28N2O5. The van der Waals surface area contributed by atoms with Crippen molar-refractivity contribution in [3.8, 4) is 5.75 Å². The molecule has 0 N–H and O–H groups in total. The van der Waals surface area contributed by atoms with E-state index in [0.717, 1.165) is 24.4 Å². The SMILES string of the molecule is CCCn1c(C)cc(C(=O)COC(=O)[C@@H]2CC(=O)N(c3ccccc3OC)C2)c1C. The summed E-state index contributed by atoms with van der Waals surface area (Å²) in [6.07, 6.45) is 1.02. The van der Waals surface area contributed by atoms with Gasteiger partial charge in [0, 0.05) is 36.5 Å². The van der Waals surface area contributed by atoms with Crippen molar-refractivity contribution >= 4 is 23.3 Å². The summed E-state index contributed by atoms with van der Waals surface area (Å²) in [6.45, 7) is 6.67. The van der Waals surface area contributed by atoms with Crippen molar-refractivity contribution in [2.24, 2.45) is 5.92 Å². The number of para-hydroxylation sites is 2. The van der Waals surface area contributed by atoms with E-state index in [0.29, 0.717) is 17.0 Å². The third-order valence-corrected chi connectivity index (χ3v) is 5.50. The Morgan fingerprint density at radius 2 is 1.93 bits per heavy atom. The molecule has 1 atom stereocenters. The molecule has 160 valence electrons. The molecule has 1 aliphatic heterocycles. The zero-order chi connectivity index (χ0) is 21.8. The Labute approximate surface area is 176 Å². The van der Waals surface area contributed by atoms with Gasteiger partial charge in [-0.2, -0.15) is 0 Å². The first-order valence-electron chi connectivity index (χ1n) is 10.2. The minimum atomic E-state index is -0.609. The molecule has 0 unspecified atom stereocenters. The summed E-state index contributed by atoms with van der Waals surface area (Å²) in [5, 5.41) is 0. The highest BCUT2D eigenvalue weighted by Crippen LogP contribution is 2.33. The number of benzene rings is 1. The van der Waals surface area contributed by atoms with Crippen LogP contribution in [-0.2, 0) is 20.9 Å². The van der Waals surface area contributed by atoms with E-state index in [-0.39, 0.29) is 31.3 Å². The highest BCUT2D eigenvalue weighted by molar-refractivity contribution is 6.02. The van der Waals surface area contributed by atoms with Crippen LogP contribution in [0.4, 0.5) is 5.69 Å². The van der Waals surface area contributed by atoms with Gasteiger partial charge in [-0.15, -0.1) is 0 Å². The van der Waals surface area contributed by atoms with Gasteiger partial charge in [0.05, 0.1) is 18.7 Å². The smallest absolute Gasteiger partial charge is 0.311 e. The van der Waals surface area contributed by atoms with Crippen LogP contribution < -0.4 is 9.64 Å². The fraction of sp³-hybridized carbons (Fsp3) is 0.435. The number of ketones is 1. The van der Waals surface area contributed by atoms with Crippen molar-refractivity contribution < 1.29 is 23.9 Å². The monoisotopic (exact) mass is 412 g/mol. The number of anilines is 1. The molecule has 7 nitrogen and oxygen atoms in total. The summed E-state index contributed by atoms with van der Waals surface area (Å²) in [5.74, 6) is -0.975. The van der Waals surface area contributed by atoms with Crippen molar-refractivity contribution in [3.63, 3.8) is 0 Å². The molecule has 3 rings (SSSR count). The summed E-state index contributed by atoms with van der Waals surface area (Å²) in [5.41, 5.74) is 3.10. The standard InChI is InChI=1S/C23H28N2O5/c1-5-10-24-15(2)11-18(16(24)3)20(26)14-30-23(28)17-12-22(27)25(13-17)19-8-6-7-9-21(19)29-4/h6-9,11,17H,5,10,12-14H2,1-4H3/t17-/m1/s1. The van der Waals surface area contributed by atoms with Crippen molar-refractivity contribution in [1.29, 1.82) is 0 Å². The lowest BCUT2D eigenvalue weighted by Crippen LogP contribution is -2.27. The van der Waals surface area contributed by atoms with E-state index in [1.54, 1.807) is 12.1 Å². The number of rotatable bonds is 8. The van der Waals surface area contributed by atoms with Gasteiger partial charge in [0.15, 0.2) is 6.61 Å². The van der Waals surface area contributed by atoms with Crippen molar-refractivity contribution in [2.45, 2.75) is 40.2 Å². The Hall–Kier alpha value is -3.09. The minimum Gasteiger partial charge on any atom is -0.495 e. The number of ether oxygens (including phenoxy) is 2. The van der Waals surface area contributed by atoms with Gasteiger partial charge in [0.1, 0.15) is 5.75 Å². The second kappa shape index (κ2) is 9.15. The molecule has 0 bridgehead atoms. The molecule has 2 aromatic rings. The van der Waals surface area contributed by atoms with Crippen LogP contribution in [0.1, 0.15) is 41.5 Å². The maximum absolute atomic E-state index is 12.6. The molecule has 1 aromatic heterocycles. The van der Waals surface area contributed by atoms with Gasteiger partial charge in [-0.3, -0.25) is 14.4 Å². The van der Waals surface area contributed by atoms with E-state index in [1.165, 1.54) is 12.0 Å². The number of carbonyl (C=O) groups excluding carboxylic acids is 3. The second-order valence-electron chi connectivity index (χ2n) is 7.54. The highest BCUT2D eigenvalue weighted by atomic mass is 16.5. The zero-order valence-electron chi connectivity index (χ0n) is 17.9. The van der Waals surface area contributed by atoms with E-state index < -0.39 is 11.9 Å². The molecule has 1 amide bonds. The van der Waals surface area contributed by atoms with E-state index in [4.69, 9.17) is 9.47 Å². The average molecular weight is 412 g/mol. The number of hydrogen-bond acceptors (Lipinski definition) is 5. The molecule has 7 heteroatoms. The van der Waals surface area contributed by atoms with Crippen LogP contribution >= 0.6 is 0 Å². The van der Waals surface area contributed by atoms with Gasteiger partial charge in [-0.05, 0) is 38.5 Å². The van der Waals surface area contributed by atoms with E-state index in [1.807, 2.05) is 32.0 Å². The number of hydrogen-bond donors (Lipinski definition) is 0. The molecule has 30 heavy (non-hydrogen) atoms. The molecular weight excluding hydrogens is 384 g/mol. The van der Waals surface area contributed by atoms with Crippen LogP contribution in [0.5, 0.6) is 5.75 Å². The Morgan fingerprint density at radius 3 is 2.63 bits per heavy atom. The zero-order valence-corrected chi connectivity index (χ0v) is 17.9. The Morgan fingerprint density at radius 1 is 1.20 bits per heavy atom. The normalized spacial score (nSPS) is 16.1. The molecule has 0 saturated carbocycles. The van der Waals surface area contributed by atoms with Crippen LogP contribution in [0.2, 0.25) is 0 Å². The largest absolute Gasteiger partial charge is 0.495 e. The third kappa shape index (κ3) is 4.25. The summed E-state index contributed by atoms with van der Waals surface area (Å²) in [6, 6.07) is 9.01. The number of esters is 1. The lowest BCUT2D eigenvalue weighted by atomic mass is 10.1. The average Bonchev–Trinajstić information content (AvgIpc) is 3.26. The van der Waals surface area contributed by atoms with Gasteiger partial charge >= 0.3 is 5.97 Å². The van der Waals surface area contributed by atoms with E-state index in [2.05, 4.69) is 11.5 Å². The number of nitrogens with zero attached hydrogens (tertiary/aromatic N) is 2. The predicted octanol–water partition coefficient (Wildman–Crippen LogP) is 3.30. The molecule has 2 heterocycles. The van der Waals surface area contributed by atoms with Crippen LogP contribution in [0.15, 0.2) is 30.3 Å². The van der Waals surface area contributed by atoms with Crippen LogP contribution in [0.25, 0.3) is 0 Å². The Bertz CT molecular complexity index is 962. The van der Waals surface area contributed by atoms with Crippen LogP contribution in [0.3, 0.4) is 0 Å². The van der Waals surface area contributed by atoms with Crippen LogP contribution in [0, 0.1) is 19.8 Å². The molecule has 1 aromatic carbocycles. The third-order valence-electron chi connectivity index (χ3n) is 5.50. The lowest BCUT2D eigenvalue weighted by Gasteiger charge is -2.19. The first-order valence-corrected chi connectivity index (χ1v) is 10.2. The summed E-state index contributed by atoms with van der Waals surface area (Å²) < 4.78 is 12.7. The summed E-state index contributed by atoms with van der Waals surface area (Å²) in [7, 11) is 1.54. The first-order chi connectivity index (χ1) is 14.4. The molecule has 0 spiro atoms. The molecule has 1 fully saturated rings. The van der Waals surface area contributed by atoms with Gasteiger partial charge in [0.2, 0.25) is 11.7 Å². The van der Waals surface area contributed by atoms with Gasteiger partial charge in [0.25, 0.3) is 0 Å². The lowest BCUT2D eigenvalue weighted by molar-refractivity contribution is -0.147. The maximum Gasteiger partial charge on any atom is 0.311 e. The van der Waals surface area contributed by atoms with Crippen molar-refractivity contribution in [2.75, 3.05) is 25.2 Å². The summed E-state index contributed by atoms with van der Waals surface area (Å²) >= 11 is 0. The molecule has 1 saturated heterocycles. The van der Waals surface area contributed by atoms with Gasteiger partial charge < -0.3 is 18.9 Å². The van der Waals surface area contributed by atoms with E-state index in [9.17, 15) is 14.4 Å². The first kappa shape index (κ1) is 21.6. The van der Waals surface area contributed by atoms with Gasteiger partial charge in [-0.25, -0.2) is 0 Å². The fourth-order valence-electron chi connectivity index (χ4n) is 3.93. The quantitative estimate of drug-likeness (QED) is 0.491. The fourth-order valence-corrected chi connectivity index (χ4v) is 3.93. The number of aromatic nitrogens is 1. The number of methoxy groups -OCH3 is 1. The van der Waals surface area contributed by atoms with Gasteiger partial charge in [-0.1, -0.05) is 19.1 Å². The topological polar surface area (TPSA) is 77.8 Å². The number of carbonyl (C=O) groups is 3. The van der Waals surface area contributed by atoms with Crippen molar-refractivity contribution in [3.05, 3.63) is 47.3 Å². The van der Waals surface area contributed by atoms with Crippen molar-refractivity contribution in [1.82, 2.24) is 4.57 Å². The highest BCUT2D eigenvalue weighted by Gasteiger charge is 2.37. The second-order valence-corrected chi connectivity index (χ2v) is 7.54. The predicted molar refractivity (Wildman–Crippen MR) is 113 cm³/mol. The van der Waals surface area contributed by atoms with Crippen LogP contribution in [-0.4, -0.2) is 42.5 Å². The Kier molecular flexibility index (Phi) is 6.59.